The summed E-state index contributed by atoms with van der Waals surface area (Å²) in [6, 6.07) is 1.87. The second kappa shape index (κ2) is 11.5. The van der Waals surface area contributed by atoms with Crippen molar-refractivity contribution in [1.29, 1.82) is 0 Å². The molecule has 2 N–H and O–H groups in total. The lowest BCUT2D eigenvalue weighted by Crippen LogP contribution is -2.42. The zero-order chi connectivity index (χ0) is 23.1. The van der Waals surface area contributed by atoms with Gasteiger partial charge in [0.15, 0.2) is 5.78 Å². The van der Waals surface area contributed by atoms with Crippen molar-refractivity contribution < 1.29 is 28.7 Å². The molecule has 0 aliphatic heterocycles. The molecule has 30 heavy (non-hydrogen) atoms. The van der Waals surface area contributed by atoms with Gasteiger partial charge in [0.2, 0.25) is 0 Å². The number of carbonyl (C=O) groups excluding carboxylic acids is 4. The van der Waals surface area contributed by atoms with Crippen LogP contribution in [0.1, 0.15) is 44.0 Å². The van der Waals surface area contributed by atoms with Gasteiger partial charge in [0.05, 0.1) is 29.3 Å². The Kier molecular flexibility index (Phi) is 10.1. The van der Waals surface area contributed by atoms with Gasteiger partial charge >= 0.3 is 12.1 Å². The Labute approximate surface area is 193 Å². The number of carbonyl (C=O) groups is 4. The summed E-state index contributed by atoms with van der Waals surface area (Å²) in [4.78, 5) is 48.2. The molecule has 0 spiro atoms. The number of methoxy groups -OCH3 is 1. The molecule has 11 heteroatoms. The summed E-state index contributed by atoms with van der Waals surface area (Å²) in [6.07, 6.45) is -0.871. The van der Waals surface area contributed by atoms with Crippen molar-refractivity contribution in [2.24, 2.45) is 0 Å². The minimum absolute atomic E-state index is 0.00615. The summed E-state index contributed by atoms with van der Waals surface area (Å²) in [5.74, 6) is -1.78. The Morgan fingerprint density at radius 2 is 1.70 bits per heavy atom. The van der Waals surface area contributed by atoms with Gasteiger partial charge in [0.1, 0.15) is 11.6 Å². The molecule has 0 aliphatic rings. The van der Waals surface area contributed by atoms with Gasteiger partial charge in [-0.2, -0.15) is 0 Å². The third-order valence-corrected chi connectivity index (χ3v) is 4.62. The van der Waals surface area contributed by atoms with Crippen LogP contribution in [0.25, 0.3) is 0 Å². The molecule has 1 aromatic carbocycles. The second-order valence-electron chi connectivity index (χ2n) is 7.23. The van der Waals surface area contributed by atoms with Gasteiger partial charge in [-0.1, -0.05) is 39.1 Å². The number of rotatable bonds is 8. The fourth-order valence-electron chi connectivity index (χ4n) is 2.26. The number of hydrogen-bond donors (Lipinski definition) is 2. The zero-order valence-corrected chi connectivity index (χ0v) is 20.0. The molecule has 0 bridgehead atoms. The third kappa shape index (κ3) is 8.89. The maximum atomic E-state index is 12.6. The molecule has 166 valence electrons. The van der Waals surface area contributed by atoms with Gasteiger partial charge in [0.25, 0.3) is 5.91 Å². The van der Waals surface area contributed by atoms with Crippen molar-refractivity contribution in [2.45, 2.75) is 45.3 Å². The predicted octanol–water partition coefficient (Wildman–Crippen LogP) is 3.90. The zero-order valence-electron chi connectivity index (χ0n) is 16.9. The molecule has 0 unspecified atom stereocenters. The Hall–Kier alpha value is -1.84. The van der Waals surface area contributed by atoms with Crippen molar-refractivity contribution in [3.8, 4) is 0 Å². The summed E-state index contributed by atoms with van der Waals surface area (Å²) in [6.45, 7) is 4.81. The summed E-state index contributed by atoms with van der Waals surface area (Å²) in [5, 5.41) is 5.00. The Balaban J connectivity index is 2.71. The van der Waals surface area contributed by atoms with E-state index in [1.165, 1.54) is 12.1 Å². The van der Waals surface area contributed by atoms with Crippen LogP contribution in [-0.2, 0) is 19.1 Å². The van der Waals surface area contributed by atoms with Gasteiger partial charge in [-0.05, 0) is 39.3 Å². The molecular formula is C19H23BrCl2N2O6. The fraction of sp³-hybridized carbons (Fsp3) is 0.474. The van der Waals surface area contributed by atoms with Crippen LogP contribution in [0.3, 0.4) is 0 Å². The Bertz CT molecular complexity index is 803. The second-order valence-corrected chi connectivity index (χ2v) is 8.96. The number of benzene rings is 1. The average molecular weight is 526 g/mol. The highest BCUT2D eigenvalue weighted by Crippen LogP contribution is 2.29. The number of hydrogen-bond acceptors (Lipinski definition) is 6. The average Bonchev–Trinajstić information content (AvgIpc) is 2.60. The quantitative estimate of drug-likeness (QED) is 0.498. The number of esters is 1. The van der Waals surface area contributed by atoms with E-state index in [9.17, 15) is 19.2 Å². The van der Waals surface area contributed by atoms with Crippen molar-refractivity contribution >= 4 is 62.9 Å². The van der Waals surface area contributed by atoms with E-state index in [1.807, 2.05) is 0 Å². The smallest absolute Gasteiger partial charge is 0.408 e. The summed E-state index contributed by atoms with van der Waals surface area (Å²) in [5.41, 5.74) is -0.698. The van der Waals surface area contributed by atoms with Gasteiger partial charge in [-0.15, -0.1) is 0 Å². The van der Waals surface area contributed by atoms with Gasteiger partial charge in [-0.3, -0.25) is 9.59 Å². The number of alkyl carbamates (subject to hydrolysis) is 1. The molecule has 0 aliphatic carbocycles. The SMILES string of the molecule is COC(=O)[C@H](CCC(=O)CNC(=O)OC(C)(C)C)NC(=O)c1c(Cl)cc(Br)cc1Cl. The predicted molar refractivity (Wildman–Crippen MR) is 116 cm³/mol. The molecule has 1 rings (SSSR count). The monoisotopic (exact) mass is 524 g/mol. The summed E-state index contributed by atoms with van der Waals surface area (Å²) < 4.78 is 10.3. The first-order chi connectivity index (χ1) is 13.8. The molecule has 8 nitrogen and oxygen atoms in total. The molecule has 0 heterocycles. The maximum absolute atomic E-state index is 12.6. The maximum Gasteiger partial charge on any atom is 0.408 e. The van der Waals surface area contributed by atoms with Crippen LogP contribution < -0.4 is 10.6 Å². The largest absolute Gasteiger partial charge is 0.467 e. The minimum Gasteiger partial charge on any atom is -0.467 e. The van der Waals surface area contributed by atoms with Crippen molar-refractivity contribution in [3.05, 3.63) is 32.2 Å². The molecule has 2 amide bonds. The highest BCUT2D eigenvalue weighted by Gasteiger charge is 2.26. The number of ether oxygens (including phenoxy) is 2. The fourth-order valence-corrected chi connectivity index (χ4v) is 3.64. The molecule has 0 saturated heterocycles. The summed E-state index contributed by atoms with van der Waals surface area (Å²) in [7, 11) is 1.16. The molecule has 0 saturated carbocycles. The van der Waals surface area contributed by atoms with E-state index in [1.54, 1.807) is 20.8 Å². The Morgan fingerprint density at radius 1 is 1.13 bits per heavy atom. The number of nitrogens with one attached hydrogen (secondary N) is 2. The lowest BCUT2D eigenvalue weighted by atomic mass is 10.1. The lowest BCUT2D eigenvalue weighted by Gasteiger charge is -2.19. The van der Waals surface area contributed by atoms with E-state index in [0.29, 0.717) is 4.47 Å². The van der Waals surface area contributed by atoms with E-state index in [0.717, 1.165) is 7.11 Å². The first-order valence-corrected chi connectivity index (χ1v) is 10.4. The third-order valence-electron chi connectivity index (χ3n) is 3.57. The molecule has 0 aromatic heterocycles. The van der Waals surface area contributed by atoms with E-state index in [4.69, 9.17) is 27.9 Å². The Morgan fingerprint density at radius 3 is 2.20 bits per heavy atom. The number of Topliss-reactive ketones (excluding diaryl/α,β-unsaturated/α-hetero) is 1. The highest BCUT2D eigenvalue weighted by molar-refractivity contribution is 9.10. The number of ketones is 1. The van der Waals surface area contributed by atoms with Gasteiger partial charge in [-0.25, -0.2) is 9.59 Å². The topological polar surface area (TPSA) is 111 Å². The molecular weight excluding hydrogens is 503 g/mol. The van der Waals surface area contributed by atoms with Crippen LogP contribution in [0.15, 0.2) is 16.6 Å². The molecule has 0 fully saturated rings. The molecule has 1 atom stereocenters. The van der Waals surface area contributed by atoms with Crippen molar-refractivity contribution in [2.75, 3.05) is 13.7 Å². The van der Waals surface area contributed by atoms with Gasteiger partial charge < -0.3 is 20.1 Å². The van der Waals surface area contributed by atoms with Crippen LogP contribution in [0, 0.1) is 0 Å². The van der Waals surface area contributed by atoms with Crippen LogP contribution >= 0.6 is 39.1 Å². The first-order valence-electron chi connectivity index (χ1n) is 8.86. The van der Waals surface area contributed by atoms with Crippen LogP contribution in [0.4, 0.5) is 4.79 Å². The van der Waals surface area contributed by atoms with Crippen molar-refractivity contribution in [1.82, 2.24) is 10.6 Å². The van der Waals surface area contributed by atoms with E-state index >= 15 is 0 Å². The molecule has 1 aromatic rings. The standard InChI is InChI=1S/C19H23BrCl2N2O6/c1-19(2,3)30-18(28)23-9-11(25)5-6-14(17(27)29-4)24-16(26)15-12(21)7-10(20)8-13(15)22/h7-8,14H,5-6,9H2,1-4H3,(H,23,28)(H,24,26)/t14-/m0/s1. The van der Waals surface area contributed by atoms with Crippen LogP contribution in [0.2, 0.25) is 10.0 Å². The number of amides is 2. The summed E-state index contributed by atoms with van der Waals surface area (Å²) >= 11 is 15.4. The minimum atomic E-state index is -1.11. The molecule has 0 radical (unpaired) electrons. The highest BCUT2D eigenvalue weighted by atomic mass is 79.9. The van der Waals surface area contributed by atoms with E-state index < -0.39 is 29.6 Å². The van der Waals surface area contributed by atoms with Crippen LogP contribution in [-0.4, -0.2) is 49.1 Å². The van der Waals surface area contributed by atoms with E-state index in [2.05, 4.69) is 31.3 Å². The lowest BCUT2D eigenvalue weighted by molar-refractivity contribution is -0.143. The first kappa shape index (κ1) is 26.2. The van der Waals surface area contributed by atoms with E-state index in [-0.39, 0.29) is 40.8 Å². The normalized spacial score (nSPS) is 12.0. The van der Waals surface area contributed by atoms with Crippen molar-refractivity contribution in [3.63, 3.8) is 0 Å². The van der Waals surface area contributed by atoms with Crippen LogP contribution in [0.5, 0.6) is 0 Å². The van der Waals surface area contributed by atoms with Gasteiger partial charge in [0, 0.05) is 10.9 Å². The number of halogens is 3.